The number of anilines is 1. The fourth-order valence-electron chi connectivity index (χ4n) is 3.19. The Balaban J connectivity index is 1.66. The van der Waals surface area contributed by atoms with Crippen LogP contribution >= 0.6 is 11.8 Å². The number of carbonyl (C=O) groups excluding carboxylic acids is 1. The first-order valence-corrected chi connectivity index (χ1v) is 10.3. The zero-order chi connectivity index (χ0) is 19.2. The van der Waals surface area contributed by atoms with Gasteiger partial charge in [0.15, 0.2) is 5.78 Å². The minimum atomic E-state index is -0.184. The minimum Gasteiger partial charge on any atom is -0.496 e. The Morgan fingerprint density at radius 2 is 1.89 bits per heavy atom. The molecular weight excluding hydrogens is 358 g/mol. The second kappa shape index (κ2) is 9.11. The molecule has 3 rings (SSSR count). The van der Waals surface area contributed by atoms with Crippen LogP contribution in [0.1, 0.15) is 28.8 Å². The molecule has 1 N–H and O–H groups in total. The number of piperidine rings is 1. The molecule has 2 aromatic rings. The van der Waals surface area contributed by atoms with Gasteiger partial charge in [-0.2, -0.15) is 0 Å². The van der Waals surface area contributed by atoms with Crippen molar-refractivity contribution in [1.82, 2.24) is 0 Å². The zero-order valence-corrected chi connectivity index (χ0v) is 16.5. The van der Waals surface area contributed by atoms with Crippen LogP contribution in [-0.4, -0.2) is 43.4 Å². The third-order valence-corrected chi connectivity index (χ3v) is 5.59. The lowest BCUT2D eigenvalue weighted by molar-refractivity contribution is 0.104. The van der Waals surface area contributed by atoms with Crippen molar-refractivity contribution in [2.24, 2.45) is 0 Å². The molecule has 2 aromatic carbocycles. The Morgan fingerprint density at radius 3 is 2.52 bits per heavy atom. The topological polar surface area (TPSA) is 49.8 Å². The predicted octanol–water partition coefficient (Wildman–Crippen LogP) is 4.27. The Hall–Kier alpha value is -2.24. The highest BCUT2D eigenvalue weighted by Gasteiger charge is 2.17. The number of carbonyl (C=O) groups is 1. The summed E-state index contributed by atoms with van der Waals surface area (Å²) in [6.45, 7) is 1.70. The molecule has 5 heteroatoms. The summed E-state index contributed by atoms with van der Waals surface area (Å²) in [6.07, 6.45) is 6.82. The van der Waals surface area contributed by atoms with Crippen molar-refractivity contribution < 1.29 is 14.6 Å². The second-order valence-corrected chi connectivity index (χ2v) is 7.43. The van der Waals surface area contributed by atoms with Crippen molar-refractivity contribution in [3.8, 4) is 5.75 Å². The van der Waals surface area contributed by atoms with E-state index in [-0.39, 0.29) is 11.9 Å². The van der Waals surface area contributed by atoms with E-state index in [1.807, 2.05) is 54.8 Å². The normalized spacial score (nSPS) is 15.3. The summed E-state index contributed by atoms with van der Waals surface area (Å²) in [5.74, 6) is 0.789. The highest BCUT2D eigenvalue weighted by molar-refractivity contribution is 7.98. The first kappa shape index (κ1) is 19.5. The molecule has 0 atom stereocenters. The summed E-state index contributed by atoms with van der Waals surface area (Å²) in [7, 11) is 1.65. The molecule has 1 fully saturated rings. The van der Waals surface area contributed by atoms with Gasteiger partial charge in [-0.3, -0.25) is 4.79 Å². The van der Waals surface area contributed by atoms with E-state index in [0.29, 0.717) is 5.56 Å². The van der Waals surface area contributed by atoms with Gasteiger partial charge >= 0.3 is 0 Å². The van der Waals surface area contributed by atoms with Gasteiger partial charge in [0.1, 0.15) is 5.75 Å². The maximum atomic E-state index is 12.5. The van der Waals surface area contributed by atoms with Gasteiger partial charge in [-0.1, -0.05) is 12.1 Å². The van der Waals surface area contributed by atoms with Crippen molar-refractivity contribution in [1.29, 1.82) is 0 Å². The standard InChI is InChI=1S/C22H25NO3S/c1-26-21-15-16(4-10-22(21)27-2)3-9-20(25)17-5-7-18(8-6-17)23-13-11-19(24)12-14-23/h3-10,15,19,24H,11-14H2,1-2H3. The first-order valence-electron chi connectivity index (χ1n) is 9.08. The third kappa shape index (κ3) is 4.93. The molecule has 1 aliphatic heterocycles. The summed E-state index contributed by atoms with van der Waals surface area (Å²) in [5.41, 5.74) is 2.70. The van der Waals surface area contributed by atoms with Crippen LogP contribution in [0.5, 0.6) is 5.75 Å². The zero-order valence-electron chi connectivity index (χ0n) is 15.7. The molecule has 1 aliphatic rings. The van der Waals surface area contributed by atoms with Gasteiger partial charge in [0.2, 0.25) is 0 Å². The number of aliphatic hydroxyl groups is 1. The van der Waals surface area contributed by atoms with E-state index in [0.717, 1.165) is 47.8 Å². The Bertz CT molecular complexity index is 809. The lowest BCUT2D eigenvalue weighted by atomic mass is 10.1. The molecule has 0 radical (unpaired) electrons. The quantitative estimate of drug-likeness (QED) is 0.458. The number of aliphatic hydroxyl groups excluding tert-OH is 1. The SMILES string of the molecule is COc1cc(C=CC(=O)c2ccc(N3CCC(O)CC3)cc2)ccc1SC. The second-order valence-electron chi connectivity index (χ2n) is 6.58. The van der Waals surface area contributed by atoms with E-state index in [2.05, 4.69) is 4.90 Å². The molecule has 27 heavy (non-hydrogen) atoms. The highest BCUT2D eigenvalue weighted by Crippen LogP contribution is 2.28. The van der Waals surface area contributed by atoms with Gasteiger partial charge in [-0.15, -0.1) is 11.8 Å². The molecule has 0 bridgehead atoms. The van der Waals surface area contributed by atoms with Crippen LogP contribution in [0.15, 0.2) is 53.4 Å². The number of hydrogen-bond acceptors (Lipinski definition) is 5. The Morgan fingerprint density at radius 1 is 1.19 bits per heavy atom. The maximum Gasteiger partial charge on any atom is 0.185 e. The smallest absolute Gasteiger partial charge is 0.185 e. The first-order chi connectivity index (χ1) is 13.1. The van der Waals surface area contributed by atoms with Crippen molar-refractivity contribution in [2.75, 3.05) is 31.4 Å². The average Bonchev–Trinajstić information content (AvgIpc) is 2.72. The van der Waals surface area contributed by atoms with Gasteiger partial charge < -0.3 is 14.7 Å². The fraction of sp³-hybridized carbons (Fsp3) is 0.318. The molecule has 0 unspecified atom stereocenters. The molecule has 142 valence electrons. The number of methoxy groups -OCH3 is 1. The fourth-order valence-corrected chi connectivity index (χ4v) is 3.73. The van der Waals surface area contributed by atoms with Crippen LogP contribution in [0.3, 0.4) is 0 Å². The minimum absolute atomic E-state index is 0.0245. The average molecular weight is 384 g/mol. The molecule has 4 nitrogen and oxygen atoms in total. The third-order valence-electron chi connectivity index (χ3n) is 4.82. The number of benzene rings is 2. The van der Waals surface area contributed by atoms with Crippen molar-refractivity contribution in [3.63, 3.8) is 0 Å². The molecule has 0 aliphatic carbocycles. The summed E-state index contributed by atoms with van der Waals surface area (Å²) in [6, 6.07) is 13.6. The summed E-state index contributed by atoms with van der Waals surface area (Å²) in [4.78, 5) is 15.8. The Kier molecular flexibility index (Phi) is 6.58. The van der Waals surface area contributed by atoms with E-state index in [4.69, 9.17) is 4.74 Å². The lowest BCUT2D eigenvalue weighted by Gasteiger charge is -2.31. The maximum absolute atomic E-state index is 12.5. The van der Waals surface area contributed by atoms with E-state index in [9.17, 15) is 9.90 Å². The molecule has 0 amide bonds. The summed E-state index contributed by atoms with van der Waals surface area (Å²) < 4.78 is 5.39. The van der Waals surface area contributed by atoms with E-state index < -0.39 is 0 Å². The van der Waals surface area contributed by atoms with Crippen LogP contribution in [0.4, 0.5) is 5.69 Å². The number of ketones is 1. The van der Waals surface area contributed by atoms with Gasteiger partial charge in [-0.25, -0.2) is 0 Å². The van der Waals surface area contributed by atoms with Crippen molar-refractivity contribution in [3.05, 3.63) is 59.7 Å². The van der Waals surface area contributed by atoms with E-state index >= 15 is 0 Å². The van der Waals surface area contributed by atoms with Crippen LogP contribution in [-0.2, 0) is 0 Å². The van der Waals surface area contributed by atoms with Gasteiger partial charge in [0.05, 0.1) is 13.2 Å². The number of allylic oxidation sites excluding steroid dienone is 1. The van der Waals surface area contributed by atoms with Gasteiger partial charge in [0, 0.05) is 29.2 Å². The number of ether oxygens (including phenoxy) is 1. The lowest BCUT2D eigenvalue weighted by Crippen LogP contribution is -2.35. The van der Waals surface area contributed by atoms with Crippen molar-refractivity contribution in [2.45, 2.75) is 23.8 Å². The largest absolute Gasteiger partial charge is 0.496 e. The van der Waals surface area contributed by atoms with E-state index in [1.54, 1.807) is 24.9 Å². The van der Waals surface area contributed by atoms with Crippen LogP contribution < -0.4 is 9.64 Å². The summed E-state index contributed by atoms with van der Waals surface area (Å²) >= 11 is 1.63. The number of hydrogen-bond donors (Lipinski definition) is 1. The van der Waals surface area contributed by atoms with Crippen LogP contribution in [0, 0.1) is 0 Å². The highest BCUT2D eigenvalue weighted by atomic mass is 32.2. The van der Waals surface area contributed by atoms with Gasteiger partial charge in [-0.05, 0) is 67.1 Å². The molecule has 1 heterocycles. The van der Waals surface area contributed by atoms with Gasteiger partial charge in [0.25, 0.3) is 0 Å². The Labute approximate surface area is 164 Å². The molecule has 0 spiro atoms. The van der Waals surface area contributed by atoms with Crippen LogP contribution in [0.25, 0.3) is 6.08 Å². The van der Waals surface area contributed by atoms with Crippen LogP contribution in [0.2, 0.25) is 0 Å². The molecule has 1 saturated heterocycles. The molecular formula is C22H25NO3S. The number of nitrogens with zero attached hydrogens (tertiary/aromatic N) is 1. The summed E-state index contributed by atoms with van der Waals surface area (Å²) in [5, 5.41) is 9.62. The molecule has 0 aromatic heterocycles. The van der Waals surface area contributed by atoms with E-state index in [1.165, 1.54) is 0 Å². The predicted molar refractivity (Wildman–Crippen MR) is 112 cm³/mol. The number of thioether (sulfide) groups is 1. The molecule has 0 saturated carbocycles. The monoisotopic (exact) mass is 383 g/mol. The number of rotatable bonds is 6. The van der Waals surface area contributed by atoms with Crippen molar-refractivity contribution >= 4 is 29.3 Å².